The lowest BCUT2D eigenvalue weighted by atomic mass is 10.0. The Morgan fingerprint density at radius 1 is 1.10 bits per heavy atom. The van der Waals surface area contributed by atoms with Crippen molar-refractivity contribution in [2.24, 2.45) is 7.05 Å². The summed E-state index contributed by atoms with van der Waals surface area (Å²) in [6.07, 6.45) is 0.567. The Morgan fingerprint density at radius 2 is 1.87 bits per heavy atom. The van der Waals surface area contributed by atoms with Crippen molar-refractivity contribution in [3.8, 4) is 23.0 Å². The summed E-state index contributed by atoms with van der Waals surface area (Å²) in [6, 6.07) is 11.7. The van der Waals surface area contributed by atoms with Crippen molar-refractivity contribution >= 4 is 5.91 Å². The van der Waals surface area contributed by atoms with E-state index in [9.17, 15) is 13.6 Å². The first-order chi connectivity index (χ1) is 15.0. The number of aryl methyl sites for hydroxylation is 1. The first-order valence-corrected chi connectivity index (χ1v) is 9.70. The normalized spacial score (nSPS) is 13.3. The Bertz CT molecular complexity index is 1280. The van der Waals surface area contributed by atoms with Crippen molar-refractivity contribution in [3.05, 3.63) is 77.0 Å². The quantitative estimate of drug-likeness (QED) is 0.505. The zero-order valence-corrected chi connectivity index (χ0v) is 16.5. The maximum Gasteiger partial charge on any atom is 0.279 e. The zero-order chi connectivity index (χ0) is 21.5. The van der Waals surface area contributed by atoms with Crippen molar-refractivity contribution in [2.75, 3.05) is 6.54 Å². The number of halogens is 2. The molecule has 1 aliphatic rings. The van der Waals surface area contributed by atoms with Crippen LogP contribution in [-0.4, -0.2) is 37.3 Å². The summed E-state index contributed by atoms with van der Waals surface area (Å²) in [7, 11) is 1.81. The average Bonchev–Trinajstić information content (AvgIpc) is 3.39. The summed E-state index contributed by atoms with van der Waals surface area (Å²) >= 11 is 0. The van der Waals surface area contributed by atoms with Crippen LogP contribution in [0.3, 0.4) is 0 Å². The molecule has 31 heavy (non-hydrogen) atoms. The molecule has 0 bridgehead atoms. The number of carbonyl (C=O) groups excluding carboxylic acids is 1. The minimum Gasteiger partial charge on any atom is -0.334 e. The highest BCUT2D eigenvalue weighted by molar-refractivity contribution is 5.94. The molecule has 2 aromatic carbocycles. The van der Waals surface area contributed by atoms with E-state index < -0.39 is 5.82 Å². The molecule has 156 valence electrons. The van der Waals surface area contributed by atoms with Gasteiger partial charge in [0.05, 0.1) is 12.1 Å². The average molecular weight is 421 g/mol. The lowest BCUT2D eigenvalue weighted by molar-refractivity contribution is 0.0729. The topological polar surface area (TPSA) is 77.1 Å². The molecular weight excluding hydrogens is 404 g/mol. The Balaban J connectivity index is 1.47. The van der Waals surface area contributed by atoms with Crippen LogP contribution in [0.1, 0.15) is 21.6 Å². The molecule has 0 atom stereocenters. The molecule has 0 fully saturated rings. The summed E-state index contributed by atoms with van der Waals surface area (Å²) in [5, 5.41) is 8.49. The monoisotopic (exact) mass is 421 g/mol. The smallest absolute Gasteiger partial charge is 0.279 e. The molecule has 1 amide bonds. The van der Waals surface area contributed by atoms with Crippen molar-refractivity contribution in [1.29, 1.82) is 0 Å². The van der Waals surface area contributed by atoms with Gasteiger partial charge in [-0.15, -0.1) is 0 Å². The number of amides is 1. The summed E-state index contributed by atoms with van der Waals surface area (Å²) in [6.45, 7) is 0.698. The molecule has 0 spiro atoms. The van der Waals surface area contributed by atoms with Crippen LogP contribution in [0.15, 0.2) is 53.1 Å². The predicted molar refractivity (Wildman–Crippen MR) is 107 cm³/mol. The van der Waals surface area contributed by atoms with Gasteiger partial charge in [-0.25, -0.2) is 8.78 Å². The first kappa shape index (κ1) is 19.1. The fourth-order valence-corrected chi connectivity index (χ4v) is 3.78. The van der Waals surface area contributed by atoms with Crippen LogP contribution in [-0.2, 0) is 20.0 Å². The Hall–Kier alpha value is -3.88. The van der Waals surface area contributed by atoms with Gasteiger partial charge >= 0.3 is 0 Å². The lowest BCUT2D eigenvalue weighted by Crippen LogP contribution is -2.36. The van der Waals surface area contributed by atoms with E-state index in [-0.39, 0.29) is 29.7 Å². The summed E-state index contributed by atoms with van der Waals surface area (Å²) in [4.78, 5) is 18.9. The van der Waals surface area contributed by atoms with Crippen LogP contribution in [0.4, 0.5) is 8.78 Å². The molecule has 0 saturated heterocycles. The summed E-state index contributed by atoms with van der Waals surface area (Å²) < 4.78 is 34.4. The van der Waals surface area contributed by atoms with Gasteiger partial charge < -0.3 is 9.42 Å². The van der Waals surface area contributed by atoms with E-state index in [0.717, 1.165) is 11.3 Å². The standard InChI is InChI=1S/C22H17F2N5O2/c1-28-18-10-11-29(22(30)15-4-2-3-5-17(15)24)12-16(18)19(26-28)21-25-20(27-31-21)13-6-8-14(23)9-7-13/h2-9H,10-12H2,1H3. The highest BCUT2D eigenvalue weighted by atomic mass is 19.1. The second-order valence-electron chi connectivity index (χ2n) is 7.28. The van der Waals surface area contributed by atoms with Crippen LogP contribution >= 0.6 is 0 Å². The van der Waals surface area contributed by atoms with Gasteiger partial charge in [-0.2, -0.15) is 10.1 Å². The van der Waals surface area contributed by atoms with Gasteiger partial charge in [0.1, 0.15) is 11.6 Å². The zero-order valence-electron chi connectivity index (χ0n) is 16.5. The molecule has 0 aliphatic carbocycles. The lowest BCUT2D eigenvalue weighted by Gasteiger charge is -2.27. The molecule has 0 N–H and O–H groups in total. The van der Waals surface area contributed by atoms with E-state index in [0.29, 0.717) is 30.0 Å². The predicted octanol–water partition coefficient (Wildman–Crippen LogP) is 3.61. The third-order valence-corrected chi connectivity index (χ3v) is 5.36. The largest absolute Gasteiger partial charge is 0.334 e. The van der Waals surface area contributed by atoms with Crippen LogP contribution in [0.2, 0.25) is 0 Å². The van der Waals surface area contributed by atoms with Crippen LogP contribution in [0.5, 0.6) is 0 Å². The third kappa shape index (κ3) is 3.37. The fraction of sp³-hybridized carbons (Fsp3) is 0.182. The van der Waals surface area contributed by atoms with Gasteiger partial charge in [-0.05, 0) is 36.4 Å². The maximum atomic E-state index is 14.1. The Kier molecular flexibility index (Phi) is 4.58. The molecule has 5 rings (SSSR count). The van der Waals surface area contributed by atoms with Gasteiger partial charge in [0, 0.05) is 36.8 Å². The van der Waals surface area contributed by atoms with Crippen LogP contribution in [0, 0.1) is 11.6 Å². The molecule has 7 nitrogen and oxygen atoms in total. The Morgan fingerprint density at radius 3 is 2.65 bits per heavy atom. The van der Waals surface area contributed by atoms with Crippen LogP contribution < -0.4 is 0 Å². The molecule has 0 radical (unpaired) electrons. The first-order valence-electron chi connectivity index (χ1n) is 9.70. The minimum absolute atomic E-state index is 0.0350. The molecule has 2 aromatic heterocycles. The molecule has 3 heterocycles. The Labute approximate surface area is 175 Å². The van der Waals surface area contributed by atoms with E-state index in [1.165, 1.54) is 24.3 Å². The SMILES string of the molecule is Cn1nc(-c2nc(-c3ccc(F)cc3)no2)c2c1CCN(C(=O)c1ccccc1F)C2. The van der Waals surface area contributed by atoms with E-state index in [1.54, 1.807) is 33.8 Å². The molecule has 9 heteroatoms. The molecule has 0 unspecified atom stereocenters. The van der Waals surface area contributed by atoms with Crippen molar-refractivity contribution < 1.29 is 18.1 Å². The van der Waals surface area contributed by atoms with Crippen molar-refractivity contribution in [1.82, 2.24) is 24.8 Å². The summed E-state index contributed by atoms with van der Waals surface area (Å²) in [5.41, 5.74) is 2.86. The number of rotatable bonds is 3. The van der Waals surface area contributed by atoms with Gasteiger partial charge in [0.2, 0.25) is 5.82 Å². The second-order valence-corrected chi connectivity index (χ2v) is 7.28. The number of hydrogen-bond donors (Lipinski definition) is 0. The molecule has 0 saturated carbocycles. The second kappa shape index (κ2) is 7.42. The van der Waals surface area contributed by atoms with E-state index in [4.69, 9.17) is 4.52 Å². The maximum absolute atomic E-state index is 14.1. The van der Waals surface area contributed by atoms with Gasteiger partial charge in [-0.3, -0.25) is 9.48 Å². The van der Waals surface area contributed by atoms with Crippen molar-refractivity contribution in [3.63, 3.8) is 0 Å². The number of fused-ring (bicyclic) bond motifs is 1. The molecular formula is C22H17F2N5O2. The number of hydrogen-bond acceptors (Lipinski definition) is 5. The number of benzene rings is 2. The minimum atomic E-state index is -0.550. The highest BCUT2D eigenvalue weighted by Gasteiger charge is 2.30. The van der Waals surface area contributed by atoms with E-state index in [1.807, 2.05) is 7.05 Å². The van der Waals surface area contributed by atoms with Crippen molar-refractivity contribution in [2.45, 2.75) is 13.0 Å². The number of carbonyl (C=O) groups is 1. The number of aromatic nitrogens is 4. The molecule has 4 aromatic rings. The van der Waals surface area contributed by atoms with Crippen LogP contribution in [0.25, 0.3) is 23.0 Å². The van der Waals surface area contributed by atoms with E-state index in [2.05, 4.69) is 15.2 Å². The van der Waals surface area contributed by atoms with Gasteiger partial charge in [0.15, 0.2) is 5.69 Å². The van der Waals surface area contributed by atoms with E-state index >= 15 is 0 Å². The highest BCUT2D eigenvalue weighted by Crippen LogP contribution is 2.31. The number of nitrogens with zero attached hydrogens (tertiary/aromatic N) is 5. The molecule has 1 aliphatic heterocycles. The fourth-order valence-electron chi connectivity index (χ4n) is 3.78. The third-order valence-electron chi connectivity index (χ3n) is 5.36. The van der Waals surface area contributed by atoms with Gasteiger partial charge in [-0.1, -0.05) is 17.3 Å². The van der Waals surface area contributed by atoms with Gasteiger partial charge in [0.25, 0.3) is 11.8 Å². The summed E-state index contributed by atoms with van der Waals surface area (Å²) in [5.74, 6) is -0.770.